The lowest BCUT2D eigenvalue weighted by molar-refractivity contribution is -0.368. The molecule has 124 valence electrons. The Morgan fingerprint density at radius 1 is 1.21 bits per heavy atom. The van der Waals surface area contributed by atoms with Gasteiger partial charge in [-0.05, 0) is 54.5 Å². The van der Waals surface area contributed by atoms with Gasteiger partial charge >= 0.3 is 0 Å². The minimum Gasteiger partial charge on any atom is -0.508 e. The number of thiophene rings is 1. The third-order valence-corrected chi connectivity index (χ3v) is 4.49. The first-order valence-corrected chi connectivity index (χ1v) is 8.81. The number of phenols is 1. The summed E-state index contributed by atoms with van der Waals surface area (Å²) in [7, 11) is 0. The van der Waals surface area contributed by atoms with E-state index in [1.54, 1.807) is 23.5 Å². The highest BCUT2D eigenvalue weighted by molar-refractivity contribution is 7.13. The zero-order valence-corrected chi connectivity index (χ0v) is 14.1. The number of nitrogens with zero attached hydrogens (tertiary/aromatic N) is 2. The van der Waals surface area contributed by atoms with Crippen molar-refractivity contribution in [3.05, 3.63) is 53.2 Å². The Labute approximate surface area is 144 Å². The maximum absolute atomic E-state index is 9.42. The summed E-state index contributed by atoms with van der Waals surface area (Å²) >= 11 is 1.59. The standard InChI is InChI=1S/C18H19N3O2S/c19-10-2-1-4-14(12-13-6-8-15(22)9-7-13)18-20-17(21-23-18)16-5-3-11-24-16/h3,5-9,11-12,22H,1-2,4,10,19H2/p+1/b14-12+. The smallest absolute Gasteiger partial charge is 0.254 e. The first-order chi connectivity index (χ1) is 11.8. The molecular weight excluding hydrogens is 322 g/mol. The molecule has 0 atom stereocenters. The number of rotatable bonds is 7. The number of aromatic hydroxyl groups is 1. The lowest BCUT2D eigenvalue weighted by Gasteiger charge is -2.03. The normalized spacial score (nSPS) is 11.8. The van der Waals surface area contributed by atoms with Crippen molar-refractivity contribution in [2.75, 3.05) is 6.54 Å². The van der Waals surface area contributed by atoms with Crippen LogP contribution in [0.3, 0.4) is 0 Å². The quantitative estimate of drug-likeness (QED) is 0.644. The predicted molar refractivity (Wildman–Crippen MR) is 95.2 cm³/mol. The molecule has 0 spiro atoms. The summed E-state index contributed by atoms with van der Waals surface area (Å²) in [6.45, 7) is 0.913. The van der Waals surface area contributed by atoms with Crippen LogP contribution in [0.4, 0.5) is 0 Å². The summed E-state index contributed by atoms with van der Waals surface area (Å²) < 4.78 is 5.49. The van der Waals surface area contributed by atoms with Gasteiger partial charge in [-0.15, -0.1) is 11.3 Å². The Hall–Kier alpha value is -2.44. The topological polar surface area (TPSA) is 86.8 Å². The summed E-state index contributed by atoms with van der Waals surface area (Å²) in [6.07, 6.45) is 4.96. The average molecular weight is 342 g/mol. The fourth-order valence-corrected chi connectivity index (χ4v) is 3.01. The van der Waals surface area contributed by atoms with Crippen molar-refractivity contribution in [2.45, 2.75) is 19.3 Å². The van der Waals surface area contributed by atoms with E-state index in [1.165, 1.54) is 0 Å². The number of benzene rings is 1. The van der Waals surface area contributed by atoms with Gasteiger partial charge in [0, 0.05) is 5.57 Å². The molecule has 0 aliphatic carbocycles. The van der Waals surface area contributed by atoms with Gasteiger partial charge in [0.15, 0.2) is 0 Å². The Balaban J connectivity index is 1.88. The van der Waals surface area contributed by atoms with Crippen molar-refractivity contribution in [3.8, 4) is 16.5 Å². The third kappa shape index (κ3) is 4.10. The van der Waals surface area contributed by atoms with E-state index in [9.17, 15) is 5.11 Å². The first kappa shape index (κ1) is 16.4. The molecule has 1 aromatic carbocycles. The van der Waals surface area contributed by atoms with Crippen molar-refractivity contribution in [2.24, 2.45) is 0 Å². The molecule has 0 aliphatic heterocycles. The van der Waals surface area contributed by atoms with Gasteiger partial charge in [0.2, 0.25) is 5.82 Å². The van der Waals surface area contributed by atoms with E-state index >= 15 is 0 Å². The van der Waals surface area contributed by atoms with Crippen LogP contribution < -0.4 is 5.73 Å². The second kappa shape index (κ2) is 7.90. The number of hydrogen-bond acceptors (Lipinski definition) is 5. The molecule has 3 rings (SSSR count). The molecule has 4 N–H and O–H groups in total. The van der Waals surface area contributed by atoms with E-state index in [-0.39, 0.29) is 5.75 Å². The molecule has 0 amide bonds. The van der Waals surface area contributed by atoms with Crippen LogP contribution in [0.1, 0.15) is 30.7 Å². The van der Waals surface area contributed by atoms with Crippen LogP contribution in [-0.2, 0) is 0 Å². The van der Waals surface area contributed by atoms with Crippen molar-refractivity contribution in [1.82, 2.24) is 10.1 Å². The maximum atomic E-state index is 9.42. The zero-order valence-electron chi connectivity index (χ0n) is 13.3. The number of hydrogen-bond donors (Lipinski definition) is 2. The van der Waals surface area contributed by atoms with Gasteiger partial charge in [-0.3, -0.25) is 0 Å². The molecular formula is C18H20N3O2S+. The second-order valence-electron chi connectivity index (χ2n) is 5.47. The molecule has 0 saturated carbocycles. The fourth-order valence-electron chi connectivity index (χ4n) is 2.36. The van der Waals surface area contributed by atoms with E-state index < -0.39 is 0 Å². The molecule has 0 saturated heterocycles. The first-order valence-electron chi connectivity index (χ1n) is 7.93. The molecule has 3 aromatic rings. The Morgan fingerprint density at radius 2 is 2.04 bits per heavy atom. The minimum absolute atomic E-state index is 0.253. The number of aromatic nitrogens is 2. The third-order valence-electron chi connectivity index (χ3n) is 3.62. The molecule has 0 bridgehead atoms. The van der Waals surface area contributed by atoms with Crippen molar-refractivity contribution >= 4 is 23.0 Å². The average Bonchev–Trinajstić information content (AvgIpc) is 3.27. The summed E-state index contributed by atoms with van der Waals surface area (Å²) in [6, 6.07) is 11.0. The minimum atomic E-state index is 0.253. The van der Waals surface area contributed by atoms with Crippen LogP contribution in [0.2, 0.25) is 0 Å². The van der Waals surface area contributed by atoms with Crippen LogP contribution in [0.25, 0.3) is 22.4 Å². The number of quaternary nitrogens is 1. The molecule has 0 unspecified atom stereocenters. The van der Waals surface area contributed by atoms with Gasteiger partial charge in [0.1, 0.15) is 5.75 Å². The second-order valence-corrected chi connectivity index (χ2v) is 6.42. The van der Waals surface area contributed by atoms with Crippen LogP contribution in [0.5, 0.6) is 5.75 Å². The van der Waals surface area contributed by atoms with Crippen LogP contribution in [0.15, 0.2) is 46.3 Å². The summed E-state index contributed by atoms with van der Waals surface area (Å²) in [4.78, 5) is 5.54. The van der Waals surface area contributed by atoms with Gasteiger partial charge in [0.05, 0.1) is 11.4 Å². The van der Waals surface area contributed by atoms with Crippen molar-refractivity contribution in [1.29, 1.82) is 0 Å². The maximum Gasteiger partial charge on any atom is 0.254 e. The molecule has 5 nitrogen and oxygen atoms in total. The van der Waals surface area contributed by atoms with Crippen LogP contribution in [0, 0.1) is 0 Å². The molecule has 2 aromatic heterocycles. The molecule has 6 heteroatoms. The number of allylic oxidation sites excluding steroid dienone is 1. The monoisotopic (exact) mass is 342 g/mol. The summed E-state index contributed by atoms with van der Waals surface area (Å²) in [5.41, 5.74) is 5.89. The van der Waals surface area contributed by atoms with E-state index in [0.29, 0.717) is 11.7 Å². The molecule has 2 heterocycles. The van der Waals surface area contributed by atoms with E-state index in [4.69, 9.17) is 4.52 Å². The fraction of sp³-hybridized carbons (Fsp3) is 0.222. The zero-order chi connectivity index (χ0) is 16.8. The summed E-state index contributed by atoms with van der Waals surface area (Å²) in [5, 5.41) is 15.5. The summed E-state index contributed by atoms with van der Waals surface area (Å²) in [5.74, 6) is 1.42. The highest BCUT2D eigenvalue weighted by Crippen LogP contribution is 2.27. The lowest BCUT2D eigenvalue weighted by atomic mass is 10.0. The number of unbranched alkanes of at least 4 members (excludes halogenated alkanes) is 1. The molecule has 0 fully saturated rings. The Bertz CT molecular complexity index is 792. The Kier molecular flexibility index (Phi) is 5.40. The molecule has 0 aliphatic rings. The van der Waals surface area contributed by atoms with Crippen molar-refractivity contribution in [3.63, 3.8) is 0 Å². The van der Waals surface area contributed by atoms with Crippen molar-refractivity contribution < 1.29 is 15.4 Å². The number of phenolic OH excluding ortho intramolecular Hbond substituents is 1. The highest BCUT2D eigenvalue weighted by Gasteiger charge is 2.13. The largest absolute Gasteiger partial charge is 0.508 e. The van der Waals surface area contributed by atoms with Gasteiger partial charge in [-0.2, -0.15) is 4.98 Å². The van der Waals surface area contributed by atoms with Gasteiger partial charge < -0.3 is 15.4 Å². The predicted octanol–water partition coefficient (Wildman–Crippen LogP) is 3.46. The van der Waals surface area contributed by atoms with Crippen LogP contribution in [-0.4, -0.2) is 21.8 Å². The molecule has 24 heavy (non-hydrogen) atoms. The highest BCUT2D eigenvalue weighted by atomic mass is 32.1. The van der Waals surface area contributed by atoms with Gasteiger partial charge in [0.25, 0.3) is 5.89 Å². The van der Waals surface area contributed by atoms with Crippen LogP contribution >= 0.6 is 11.3 Å². The lowest BCUT2D eigenvalue weighted by Crippen LogP contribution is -2.50. The van der Waals surface area contributed by atoms with E-state index in [1.807, 2.05) is 35.7 Å². The van der Waals surface area contributed by atoms with E-state index in [0.717, 1.165) is 41.8 Å². The van der Waals surface area contributed by atoms with Gasteiger partial charge in [-0.1, -0.05) is 23.4 Å². The van der Waals surface area contributed by atoms with E-state index in [2.05, 4.69) is 15.9 Å². The van der Waals surface area contributed by atoms with Gasteiger partial charge in [-0.25, -0.2) is 0 Å². The SMILES string of the molecule is [NH3+]CCCC/C(=C\c1ccc(O)cc1)c1nc(-c2cccs2)no1. The molecule has 0 radical (unpaired) electrons. The Morgan fingerprint density at radius 3 is 2.75 bits per heavy atom.